The standard InChI is InChI=1S/C20H20ClN5O3/c1-4-29-15-9-12(5-6-14(15)28-3)13-10-18(27)22-20-19(13)11(2)25-26(20)17-8-7-16(21)23-24-17/h5-9,13H,4,10H2,1-3H3,(H,22,27)/t13-/m0/s1. The summed E-state index contributed by atoms with van der Waals surface area (Å²) in [6.07, 6.45) is 0.309. The lowest BCUT2D eigenvalue weighted by Gasteiger charge is -2.25. The lowest BCUT2D eigenvalue weighted by atomic mass is 9.85. The van der Waals surface area contributed by atoms with Gasteiger partial charge < -0.3 is 14.8 Å². The number of nitrogens with zero attached hydrogens (tertiary/aromatic N) is 4. The van der Waals surface area contributed by atoms with Crippen molar-refractivity contribution < 1.29 is 14.3 Å². The zero-order valence-electron chi connectivity index (χ0n) is 16.3. The number of fused-ring (bicyclic) bond motifs is 1. The van der Waals surface area contributed by atoms with Crippen LogP contribution in [0.25, 0.3) is 5.82 Å². The van der Waals surface area contributed by atoms with E-state index in [-0.39, 0.29) is 17.0 Å². The van der Waals surface area contributed by atoms with Crippen LogP contribution in [0, 0.1) is 6.92 Å². The molecular weight excluding hydrogens is 394 g/mol. The molecule has 0 fully saturated rings. The van der Waals surface area contributed by atoms with Gasteiger partial charge in [-0.1, -0.05) is 17.7 Å². The summed E-state index contributed by atoms with van der Waals surface area (Å²) in [4.78, 5) is 12.5. The molecule has 0 radical (unpaired) electrons. The molecule has 150 valence electrons. The molecule has 8 nitrogen and oxygen atoms in total. The Labute approximate surface area is 172 Å². The zero-order chi connectivity index (χ0) is 20.5. The fraction of sp³-hybridized carbons (Fsp3) is 0.300. The molecule has 2 aromatic heterocycles. The zero-order valence-corrected chi connectivity index (χ0v) is 17.0. The lowest BCUT2D eigenvalue weighted by Crippen LogP contribution is -2.25. The first-order valence-corrected chi connectivity index (χ1v) is 9.59. The summed E-state index contributed by atoms with van der Waals surface area (Å²) in [5.41, 5.74) is 2.69. The molecule has 3 heterocycles. The summed E-state index contributed by atoms with van der Waals surface area (Å²) in [5.74, 6) is 2.10. The van der Waals surface area contributed by atoms with Gasteiger partial charge in [0.2, 0.25) is 5.91 Å². The molecule has 9 heteroatoms. The Bertz CT molecular complexity index is 1060. The second-order valence-corrected chi connectivity index (χ2v) is 7.01. The number of ether oxygens (including phenoxy) is 2. The molecule has 1 aliphatic heterocycles. The molecule has 0 unspecified atom stereocenters. The number of anilines is 1. The number of aryl methyl sites for hydroxylation is 1. The molecule has 1 aromatic carbocycles. The predicted molar refractivity (Wildman–Crippen MR) is 108 cm³/mol. The summed E-state index contributed by atoms with van der Waals surface area (Å²) >= 11 is 5.84. The molecule has 3 aromatic rings. The van der Waals surface area contributed by atoms with Crippen molar-refractivity contribution in [3.05, 3.63) is 52.3 Å². The van der Waals surface area contributed by atoms with Crippen molar-refractivity contribution in [2.24, 2.45) is 0 Å². The van der Waals surface area contributed by atoms with E-state index in [4.69, 9.17) is 21.1 Å². The molecule has 4 rings (SSSR count). The SMILES string of the molecule is CCOc1cc([C@@H]2CC(=O)Nc3c2c(C)nn3-c2ccc(Cl)nn2)ccc1OC. The Hall–Kier alpha value is -3.13. The Morgan fingerprint density at radius 2 is 2.07 bits per heavy atom. The molecular formula is C20H20ClN5O3. The summed E-state index contributed by atoms with van der Waals surface area (Å²) in [7, 11) is 1.60. The van der Waals surface area contributed by atoms with Gasteiger partial charge in [-0.05, 0) is 43.7 Å². The summed E-state index contributed by atoms with van der Waals surface area (Å²) < 4.78 is 12.7. The molecule has 0 bridgehead atoms. The van der Waals surface area contributed by atoms with Crippen LogP contribution in [0.5, 0.6) is 11.5 Å². The minimum atomic E-state index is -0.169. The average Bonchev–Trinajstić information content (AvgIpc) is 3.04. The molecule has 1 atom stereocenters. The number of halogens is 1. The smallest absolute Gasteiger partial charge is 0.226 e. The van der Waals surface area contributed by atoms with Crippen molar-refractivity contribution >= 4 is 23.3 Å². The van der Waals surface area contributed by atoms with Gasteiger partial charge in [0.15, 0.2) is 22.5 Å². The normalized spacial score (nSPS) is 15.6. The molecule has 0 saturated carbocycles. The highest BCUT2D eigenvalue weighted by atomic mass is 35.5. The first kappa shape index (κ1) is 19.2. The van der Waals surface area contributed by atoms with Crippen LogP contribution in [0.1, 0.15) is 36.1 Å². The topological polar surface area (TPSA) is 91.2 Å². The van der Waals surface area contributed by atoms with Crippen LogP contribution in [-0.4, -0.2) is 39.6 Å². The van der Waals surface area contributed by atoms with Gasteiger partial charge in [0.05, 0.1) is 19.4 Å². The third kappa shape index (κ3) is 3.51. The van der Waals surface area contributed by atoms with E-state index >= 15 is 0 Å². The van der Waals surface area contributed by atoms with Gasteiger partial charge in [0, 0.05) is 17.9 Å². The first-order chi connectivity index (χ1) is 14.0. The fourth-order valence-electron chi connectivity index (χ4n) is 3.60. The lowest BCUT2D eigenvalue weighted by molar-refractivity contribution is -0.116. The van der Waals surface area contributed by atoms with Crippen molar-refractivity contribution in [1.29, 1.82) is 0 Å². The second kappa shape index (κ2) is 7.71. The molecule has 1 aliphatic rings. The van der Waals surface area contributed by atoms with Gasteiger partial charge in [-0.2, -0.15) is 9.78 Å². The monoisotopic (exact) mass is 413 g/mol. The van der Waals surface area contributed by atoms with E-state index in [2.05, 4.69) is 20.6 Å². The highest BCUT2D eigenvalue weighted by molar-refractivity contribution is 6.29. The molecule has 29 heavy (non-hydrogen) atoms. The third-order valence-electron chi connectivity index (χ3n) is 4.83. The quantitative estimate of drug-likeness (QED) is 0.688. The number of nitrogens with one attached hydrogen (secondary N) is 1. The van der Waals surface area contributed by atoms with Gasteiger partial charge >= 0.3 is 0 Å². The fourth-order valence-corrected chi connectivity index (χ4v) is 3.70. The van der Waals surface area contributed by atoms with Crippen molar-refractivity contribution in [3.63, 3.8) is 0 Å². The molecule has 0 saturated heterocycles. The summed E-state index contributed by atoms with van der Waals surface area (Å²) in [6.45, 7) is 4.35. The summed E-state index contributed by atoms with van der Waals surface area (Å²) in [6, 6.07) is 9.07. The van der Waals surface area contributed by atoms with Crippen molar-refractivity contribution in [2.45, 2.75) is 26.2 Å². The van der Waals surface area contributed by atoms with Gasteiger partial charge in [0.1, 0.15) is 5.82 Å². The maximum absolute atomic E-state index is 12.5. The second-order valence-electron chi connectivity index (χ2n) is 6.62. The van der Waals surface area contributed by atoms with Gasteiger partial charge in [0.25, 0.3) is 0 Å². The van der Waals surface area contributed by atoms with Crippen molar-refractivity contribution in [1.82, 2.24) is 20.0 Å². The molecule has 0 spiro atoms. The van der Waals surface area contributed by atoms with Gasteiger partial charge in [-0.3, -0.25) is 4.79 Å². The maximum Gasteiger partial charge on any atom is 0.226 e. The molecule has 1 N–H and O–H groups in total. The Morgan fingerprint density at radius 1 is 1.24 bits per heavy atom. The number of hydrogen-bond acceptors (Lipinski definition) is 6. The van der Waals surface area contributed by atoms with Crippen LogP contribution >= 0.6 is 11.6 Å². The number of amides is 1. The minimum absolute atomic E-state index is 0.0978. The molecule has 1 amide bonds. The number of carbonyl (C=O) groups is 1. The van der Waals surface area contributed by atoms with E-state index in [1.54, 1.807) is 23.9 Å². The largest absolute Gasteiger partial charge is 0.493 e. The number of rotatable bonds is 5. The van der Waals surface area contributed by atoms with E-state index in [1.807, 2.05) is 32.0 Å². The highest BCUT2D eigenvalue weighted by Crippen LogP contribution is 2.42. The van der Waals surface area contributed by atoms with Crippen LogP contribution in [0.4, 0.5) is 5.82 Å². The highest BCUT2D eigenvalue weighted by Gasteiger charge is 2.33. The number of methoxy groups -OCH3 is 1. The minimum Gasteiger partial charge on any atom is -0.493 e. The van der Waals surface area contributed by atoms with Crippen LogP contribution in [-0.2, 0) is 4.79 Å². The van der Waals surface area contributed by atoms with Crippen LogP contribution < -0.4 is 14.8 Å². The Balaban J connectivity index is 1.82. The number of carbonyl (C=O) groups excluding carboxylic acids is 1. The van der Waals surface area contributed by atoms with Crippen LogP contribution in [0.2, 0.25) is 5.15 Å². The van der Waals surface area contributed by atoms with Crippen LogP contribution in [0.15, 0.2) is 30.3 Å². The van der Waals surface area contributed by atoms with E-state index < -0.39 is 0 Å². The van der Waals surface area contributed by atoms with Gasteiger partial charge in [-0.15, -0.1) is 10.2 Å². The number of aromatic nitrogens is 4. The van der Waals surface area contributed by atoms with E-state index in [1.165, 1.54) is 0 Å². The number of hydrogen-bond donors (Lipinski definition) is 1. The maximum atomic E-state index is 12.5. The van der Waals surface area contributed by atoms with Crippen molar-refractivity contribution in [3.8, 4) is 17.3 Å². The summed E-state index contributed by atoms with van der Waals surface area (Å²) in [5, 5.41) is 15.8. The predicted octanol–water partition coefficient (Wildman–Crippen LogP) is 3.51. The van der Waals surface area contributed by atoms with E-state index in [9.17, 15) is 4.79 Å². The van der Waals surface area contributed by atoms with E-state index in [0.29, 0.717) is 36.2 Å². The number of benzene rings is 1. The van der Waals surface area contributed by atoms with Crippen LogP contribution in [0.3, 0.4) is 0 Å². The Morgan fingerprint density at radius 3 is 2.76 bits per heavy atom. The van der Waals surface area contributed by atoms with E-state index in [0.717, 1.165) is 16.8 Å². The van der Waals surface area contributed by atoms with Gasteiger partial charge in [-0.25, -0.2) is 0 Å². The molecule has 0 aliphatic carbocycles. The Kier molecular flexibility index (Phi) is 5.10. The third-order valence-corrected chi connectivity index (χ3v) is 5.03. The van der Waals surface area contributed by atoms with Crippen molar-refractivity contribution in [2.75, 3.05) is 19.0 Å². The average molecular weight is 414 g/mol. The first-order valence-electron chi connectivity index (χ1n) is 9.21.